The van der Waals surface area contributed by atoms with E-state index in [0.717, 1.165) is 21.6 Å². The second-order valence-corrected chi connectivity index (χ2v) is 7.42. The van der Waals surface area contributed by atoms with Crippen LogP contribution in [0.25, 0.3) is 10.9 Å². The molecule has 0 aliphatic carbocycles. The van der Waals surface area contributed by atoms with Crippen LogP contribution >= 0.6 is 11.8 Å². The van der Waals surface area contributed by atoms with Crippen LogP contribution in [0.15, 0.2) is 59.6 Å². The van der Waals surface area contributed by atoms with Crippen molar-refractivity contribution >= 4 is 34.3 Å². The Bertz CT molecular complexity index is 984. The molecule has 6 heteroatoms. The van der Waals surface area contributed by atoms with Crippen molar-refractivity contribution in [1.29, 1.82) is 5.26 Å². The second kappa shape index (κ2) is 8.65. The topological polar surface area (TPSA) is 69.9 Å². The molecule has 3 aromatic rings. The van der Waals surface area contributed by atoms with Gasteiger partial charge in [-0.25, -0.2) is 9.97 Å². The lowest BCUT2D eigenvalue weighted by Crippen LogP contribution is -2.37. The predicted octanol–water partition coefficient (Wildman–Crippen LogP) is 4.37. The zero-order valence-electron chi connectivity index (χ0n) is 15.3. The van der Waals surface area contributed by atoms with Crippen LogP contribution in [-0.2, 0) is 4.79 Å². The van der Waals surface area contributed by atoms with Gasteiger partial charge < -0.3 is 4.90 Å². The highest BCUT2D eigenvalue weighted by Crippen LogP contribution is 2.30. The Balaban J connectivity index is 1.87. The highest BCUT2D eigenvalue weighted by Gasteiger charge is 2.24. The van der Waals surface area contributed by atoms with Crippen LogP contribution in [0.2, 0.25) is 0 Å². The molecule has 0 radical (unpaired) electrons. The SMILES string of the molecule is Cc1nc(S[C@H](C)C(=O)N(CCC#N)c2ccccc2)c2ccccc2n1. The number of hydrogen-bond donors (Lipinski definition) is 0. The quantitative estimate of drug-likeness (QED) is 0.472. The van der Waals surface area contributed by atoms with Crippen LogP contribution in [0, 0.1) is 18.3 Å². The fourth-order valence-electron chi connectivity index (χ4n) is 2.82. The van der Waals surface area contributed by atoms with E-state index in [1.165, 1.54) is 11.8 Å². The standard InChI is InChI=1S/C21H20N4OS/c1-15(21(26)25(14-8-13-22)17-9-4-3-5-10-17)27-20-18-11-6-7-12-19(18)23-16(2)24-20/h3-7,9-12,15H,8,14H2,1-2H3/t15-/m1/s1. The van der Waals surface area contributed by atoms with Crippen molar-refractivity contribution in [2.24, 2.45) is 0 Å². The molecule has 1 heterocycles. The number of nitrogens with zero attached hydrogens (tertiary/aromatic N) is 4. The molecule has 1 atom stereocenters. The van der Waals surface area contributed by atoms with E-state index < -0.39 is 0 Å². The number of carbonyl (C=O) groups excluding carboxylic acids is 1. The molecule has 0 bridgehead atoms. The van der Waals surface area contributed by atoms with Gasteiger partial charge in [-0.15, -0.1) is 0 Å². The minimum Gasteiger partial charge on any atom is -0.310 e. The van der Waals surface area contributed by atoms with Gasteiger partial charge in [0.1, 0.15) is 10.9 Å². The number of thioether (sulfide) groups is 1. The molecule has 0 saturated carbocycles. The first-order chi connectivity index (χ1) is 13.1. The van der Waals surface area contributed by atoms with E-state index in [4.69, 9.17) is 5.26 Å². The van der Waals surface area contributed by atoms with Crippen molar-refractivity contribution in [1.82, 2.24) is 9.97 Å². The fraction of sp³-hybridized carbons (Fsp3) is 0.238. The highest BCUT2D eigenvalue weighted by molar-refractivity contribution is 8.00. The molecule has 0 aliphatic rings. The number of amides is 1. The van der Waals surface area contributed by atoms with Gasteiger partial charge in [0, 0.05) is 17.6 Å². The molecule has 3 rings (SSSR count). The lowest BCUT2D eigenvalue weighted by atomic mass is 10.2. The normalized spacial score (nSPS) is 11.7. The monoisotopic (exact) mass is 376 g/mol. The molecule has 27 heavy (non-hydrogen) atoms. The van der Waals surface area contributed by atoms with Gasteiger partial charge in [-0.3, -0.25) is 4.79 Å². The number of aromatic nitrogens is 2. The number of benzene rings is 2. The summed E-state index contributed by atoms with van der Waals surface area (Å²) in [7, 11) is 0. The molecule has 2 aromatic carbocycles. The van der Waals surface area contributed by atoms with Crippen LogP contribution < -0.4 is 4.90 Å². The van der Waals surface area contributed by atoms with Crippen molar-refractivity contribution in [3.63, 3.8) is 0 Å². The summed E-state index contributed by atoms with van der Waals surface area (Å²) in [5.74, 6) is 0.641. The zero-order chi connectivity index (χ0) is 19.2. The van der Waals surface area contributed by atoms with Gasteiger partial charge in [-0.05, 0) is 32.0 Å². The summed E-state index contributed by atoms with van der Waals surface area (Å²) in [6, 6.07) is 19.4. The van der Waals surface area contributed by atoms with E-state index in [9.17, 15) is 4.79 Å². The molecule has 1 aromatic heterocycles. The van der Waals surface area contributed by atoms with E-state index in [0.29, 0.717) is 12.4 Å². The lowest BCUT2D eigenvalue weighted by molar-refractivity contribution is -0.117. The molecular weight excluding hydrogens is 356 g/mol. The van der Waals surface area contributed by atoms with Gasteiger partial charge in [0.25, 0.3) is 0 Å². The zero-order valence-corrected chi connectivity index (χ0v) is 16.1. The van der Waals surface area contributed by atoms with Gasteiger partial charge >= 0.3 is 0 Å². The van der Waals surface area contributed by atoms with Crippen LogP contribution in [0.1, 0.15) is 19.2 Å². The Morgan fingerprint density at radius 1 is 1.15 bits per heavy atom. The van der Waals surface area contributed by atoms with Crippen molar-refractivity contribution in [2.75, 3.05) is 11.4 Å². The Morgan fingerprint density at radius 3 is 2.59 bits per heavy atom. The summed E-state index contributed by atoms with van der Waals surface area (Å²) in [6.45, 7) is 4.10. The number of anilines is 1. The molecule has 0 fully saturated rings. The van der Waals surface area contributed by atoms with Gasteiger partial charge in [0.15, 0.2) is 0 Å². The third-order valence-corrected chi connectivity index (χ3v) is 5.19. The number of nitriles is 1. The van der Waals surface area contributed by atoms with Crippen LogP contribution in [-0.4, -0.2) is 27.7 Å². The fourth-order valence-corrected chi connectivity index (χ4v) is 3.87. The number of carbonyl (C=O) groups is 1. The van der Waals surface area contributed by atoms with Crippen LogP contribution in [0.5, 0.6) is 0 Å². The molecule has 0 spiro atoms. The summed E-state index contributed by atoms with van der Waals surface area (Å²) in [4.78, 5) is 23.8. The molecule has 0 N–H and O–H groups in total. The third kappa shape index (κ3) is 4.44. The predicted molar refractivity (Wildman–Crippen MR) is 109 cm³/mol. The van der Waals surface area contributed by atoms with Crippen LogP contribution in [0.4, 0.5) is 5.69 Å². The average molecular weight is 376 g/mol. The first kappa shape index (κ1) is 18.9. The van der Waals surface area contributed by atoms with E-state index in [1.54, 1.807) is 4.90 Å². The van der Waals surface area contributed by atoms with E-state index >= 15 is 0 Å². The van der Waals surface area contributed by atoms with Gasteiger partial charge in [0.2, 0.25) is 5.91 Å². The molecule has 5 nitrogen and oxygen atoms in total. The summed E-state index contributed by atoms with van der Waals surface area (Å²) in [5, 5.41) is 10.3. The minimum atomic E-state index is -0.346. The maximum atomic E-state index is 13.1. The van der Waals surface area contributed by atoms with Gasteiger partial charge in [-0.1, -0.05) is 48.2 Å². The Hall–Kier alpha value is -2.91. The summed E-state index contributed by atoms with van der Waals surface area (Å²) >= 11 is 1.43. The molecule has 1 amide bonds. The Labute approximate surface area is 163 Å². The van der Waals surface area contributed by atoms with Gasteiger partial charge in [-0.2, -0.15) is 5.26 Å². The summed E-state index contributed by atoms with van der Waals surface area (Å²) in [5.41, 5.74) is 1.67. The molecule has 136 valence electrons. The minimum absolute atomic E-state index is 0.0400. The number of hydrogen-bond acceptors (Lipinski definition) is 5. The second-order valence-electron chi connectivity index (χ2n) is 6.09. The van der Waals surface area contributed by atoms with Crippen molar-refractivity contribution in [2.45, 2.75) is 30.5 Å². The number of rotatable bonds is 6. The van der Waals surface area contributed by atoms with Crippen molar-refractivity contribution < 1.29 is 4.79 Å². The molecule has 0 unspecified atom stereocenters. The molecule has 0 aliphatic heterocycles. The summed E-state index contributed by atoms with van der Waals surface area (Å²) < 4.78 is 0. The van der Waals surface area contributed by atoms with Crippen LogP contribution in [0.3, 0.4) is 0 Å². The van der Waals surface area contributed by atoms with Crippen molar-refractivity contribution in [3.8, 4) is 6.07 Å². The number of fused-ring (bicyclic) bond motifs is 1. The smallest absolute Gasteiger partial charge is 0.240 e. The average Bonchev–Trinajstić information content (AvgIpc) is 2.68. The molecular formula is C21H20N4OS. The van der Waals surface area contributed by atoms with Crippen molar-refractivity contribution in [3.05, 3.63) is 60.4 Å². The van der Waals surface area contributed by atoms with Gasteiger partial charge in [0.05, 0.1) is 23.3 Å². The maximum Gasteiger partial charge on any atom is 0.240 e. The maximum absolute atomic E-state index is 13.1. The van der Waals surface area contributed by atoms with E-state index in [2.05, 4.69) is 16.0 Å². The highest BCUT2D eigenvalue weighted by atomic mass is 32.2. The molecule has 0 saturated heterocycles. The number of aryl methyl sites for hydroxylation is 1. The summed E-state index contributed by atoms with van der Waals surface area (Å²) in [6.07, 6.45) is 0.285. The first-order valence-electron chi connectivity index (χ1n) is 8.73. The van der Waals surface area contributed by atoms with E-state index in [1.807, 2.05) is 68.4 Å². The largest absolute Gasteiger partial charge is 0.310 e. The lowest BCUT2D eigenvalue weighted by Gasteiger charge is -2.25. The first-order valence-corrected chi connectivity index (χ1v) is 9.61. The Kier molecular flexibility index (Phi) is 6.05. The number of para-hydroxylation sites is 2. The van der Waals surface area contributed by atoms with E-state index in [-0.39, 0.29) is 17.6 Å². The third-order valence-electron chi connectivity index (χ3n) is 4.10. The Morgan fingerprint density at radius 2 is 1.85 bits per heavy atom.